The molecule has 0 heterocycles. The molecule has 3 heteroatoms. The van der Waals surface area contributed by atoms with Crippen LogP contribution < -0.4 is 0 Å². The Morgan fingerprint density at radius 3 is 2.47 bits per heavy atom. The molecule has 0 bridgehead atoms. The molecule has 0 radical (unpaired) electrons. The second kappa shape index (κ2) is 4.79. The van der Waals surface area contributed by atoms with Gasteiger partial charge in [0.25, 0.3) is 0 Å². The molecule has 84 valence electrons. The molecule has 0 atom stereocenters. The smallest absolute Gasteiger partial charge is 0.147 e. The van der Waals surface area contributed by atoms with Crippen LogP contribution in [0.3, 0.4) is 0 Å². The van der Waals surface area contributed by atoms with Crippen LogP contribution in [0.1, 0.15) is 30.9 Å². The topological polar surface area (TPSA) is 34.1 Å². The van der Waals surface area contributed by atoms with Gasteiger partial charge in [-0.2, -0.15) is 0 Å². The number of sulfone groups is 1. The zero-order valence-electron chi connectivity index (χ0n) is 9.53. The molecule has 0 N–H and O–H groups in total. The Morgan fingerprint density at radius 2 is 1.93 bits per heavy atom. The highest BCUT2D eigenvalue weighted by atomic mass is 32.2. The molecule has 15 heavy (non-hydrogen) atoms. The molecule has 0 saturated heterocycles. The van der Waals surface area contributed by atoms with Crippen molar-refractivity contribution in [3.05, 3.63) is 35.4 Å². The van der Waals surface area contributed by atoms with E-state index >= 15 is 0 Å². The lowest BCUT2D eigenvalue weighted by Crippen LogP contribution is -2.06. The summed E-state index contributed by atoms with van der Waals surface area (Å²) in [5, 5.41) is 0. The summed E-state index contributed by atoms with van der Waals surface area (Å²) in [5.41, 5.74) is 2.37. The summed E-state index contributed by atoms with van der Waals surface area (Å²) in [6, 6.07) is 8.15. The average molecular weight is 226 g/mol. The van der Waals surface area contributed by atoms with Crippen LogP contribution >= 0.6 is 0 Å². The van der Waals surface area contributed by atoms with Gasteiger partial charge in [0.2, 0.25) is 0 Å². The minimum Gasteiger partial charge on any atom is -0.229 e. The third-order valence-electron chi connectivity index (χ3n) is 2.38. The van der Waals surface area contributed by atoms with Gasteiger partial charge in [-0.25, -0.2) is 8.42 Å². The van der Waals surface area contributed by atoms with E-state index in [1.165, 1.54) is 11.8 Å². The Balaban J connectivity index is 2.74. The largest absolute Gasteiger partial charge is 0.229 e. The molecule has 0 amide bonds. The van der Waals surface area contributed by atoms with Crippen LogP contribution in [-0.4, -0.2) is 20.4 Å². The van der Waals surface area contributed by atoms with Gasteiger partial charge in [0.15, 0.2) is 0 Å². The lowest BCUT2D eigenvalue weighted by Gasteiger charge is -2.07. The van der Waals surface area contributed by atoms with Crippen LogP contribution in [0.2, 0.25) is 0 Å². The van der Waals surface area contributed by atoms with Gasteiger partial charge < -0.3 is 0 Å². The standard InChI is InChI=1S/C12H18O2S/c1-10(2)12-6-4-5-11(9-12)7-8-15(3,13)14/h4-6,9-10H,7-8H2,1-3H3. The molecule has 1 aromatic rings. The number of benzene rings is 1. The van der Waals surface area contributed by atoms with Gasteiger partial charge in [-0.1, -0.05) is 38.1 Å². The second-order valence-electron chi connectivity index (χ2n) is 4.28. The summed E-state index contributed by atoms with van der Waals surface area (Å²) < 4.78 is 22.0. The summed E-state index contributed by atoms with van der Waals surface area (Å²) >= 11 is 0. The minimum absolute atomic E-state index is 0.231. The number of hydrogen-bond acceptors (Lipinski definition) is 2. The van der Waals surface area contributed by atoms with Gasteiger partial charge in [-0.15, -0.1) is 0 Å². The summed E-state index contributed by atoms with van der Waals surface area (Å²) in [5.74, 6) is 0.720. The molecule has 0 aliphatic carbocycles. The first-order valence-corrected chi connectivity index (χ1v) is 7.21. The first kappa shape index (κ1) is 12.2. The minimum atomic E-state index is -2.86. The molecule has 0 fully saturated rings. The molecular formula is C12H18O2S. The summed E-state index contributed by atoms with van der Waals surface area (Å²) in [7, 11) is -2.86. The van der Waals surface area contributed by atoms with Crippen molar-refractivity contribution >= 4 is 9.84 Å². The predicted molar refractivity (Wildman–Crippen MR) is 63.9 cm³/mol. The van der Waals surface area contributed by atoms with Crippen LogP contribution in [-0.2, 0) is 16.3 Å². The van der Waals surface area contributed by atoms with Gasteiger partial charge in [-0.3, -0.25) is 0 Å². The maximum atomic E-state index is 11.0. The summed E-state index contributed by atoms with van der Waals surface area (Å²) in [6.07, 6.45) is 1.89. The molecule has 0 spiro atoms. The Hall–Kier alpha value is -0.830. The van der Waals surface area contributed by atoms with E-state index in [0.717, 1.165) is 5.56 Å². The summed E-state index contributed by atoms with van der Waals surface area (Å²) in [4.78, 5) is 0. The van der Waals surface area contributed by atoms with Gasteiger partial charge in [0.05, 0.1) is 5.75 Å². The van der Waals surface area contributed by atoms with E-state index in [0.29, 0.717) is 12.3 Å². The average Bonchev–Trinajstić information content (AvgIpc) is 2.14. The zero-order valence-corrected chi connectivity index (χ0v) is 10.3. The van der Waals surface area contributed by atoms with Crippen molar-refractivity contribution < 1.29 is 8.42 Å². The van der Waals surface area contributed by atoms with E-state index in [-0.39, 0.29) is 5.75 Å². The number of hydrogen-bond donors (Lipinski definition) is 0. The molecule has 1 aromatic carbocycles. The SMILES string of the molecule is CC(C)c1cccc(CCS(C)(=O)=O)c1. The highest BCUT2D eigenvalue weighted by molar-refractivity contribution is 7.90. The summed E-state index contributed by atoms with van der Waals surface area (Å²) in [6.45, 7) is 4.27. The Morgan fingerprint density at radius 1 is 1.27 bits per heavy atom. The fourth-order valence-electron chi connectivity index (χ4n) is 1.41. The van der Waals surface area contributed by atoms with Gasteiger partial charge in [-0.05, 0) is 23.5 Å². The highest BCUT2D eigenvalue weighted by Crippen LogP contribution is 2.16. The fraction of sp³-hybridized carbons (Fsp3) is 0.500. The monoisotopic (exact) mass is 226 g/mol. The van der Waals surface area contributed by atoms with Crippen molar-refractivity contribution in [3.8, 4) is 0 Å². The Bertz CT molecular complexity index is 419. The lowest BCUT2D eigenvalue weighted by atomic mass is 10.0. The van der Waals surface area contributed by atoms with Gasteiger partial charge in [0.1, 0.15) is 9.84 Å². The maximum Gasteiger partial charge on any atom is 0.147 e. The molecule has 1 rings (SSSR count). The second-order valence-corrected chi connectivity index (χ2v) is 6.54. The quantitative estimate of drug-likeness (QED) is 0.790. The highest BCUT2D eigenvalue weighted by Gasteiger charge is 2.04. The molecule has 2 nitrogen and oxygen atoms in total. The zero-order chi connectivity index (χ0) is 11.5. The molecule has 0 aliphatic heterocycles. The van der Waals surface area contributed by atoms with Gasteiger partial charge in [0, 0.05) is 6.26 Å². The predicted octanol–water partition coefficient (Wildman–Crippen LogP) is 2.40. The van der Waals surface area contributed by atoms with E-state index in [1.807, 2.05) is 12.1 Å². The first-order chi connectivity index (χ1) is 6.88. The van der Waals surface area contributed by atoms with E-state index < -0.39 is 9.84 Å². The van der Waals surface area contributed by atoms with E-state index in [2.05, 4.69) is 26.0 Å². The Kier molecular flexibility index (Phi) is 3.91. The maximum absolute atomic E-state index is 11.0. The lowest BCUT2D eigenvalue weighted by molar-refractivity contribution is 0.601. The Labute approximate surface area is 92.2 Å². The van der Waals surface area contributed by atoms with Crippen molar-refractivity contribution in [2.75, 3.05) is 12.0 Å². The van der Waals surface area contributed by atoms with Crippen LogP contribution in [0.4, 0.5) is 0 Å². The normalized spacial score (nSPS) is 12.0. The van der Waals surface area contributed by atoms with Crippen molar-refractivity contribution in [2.45, 2.75) is 26.2 Å². The van der Waals surface area contributed by atoms with Crippen LogP contribution in [0.5, 0.6) is 0 Å². The first-order valence-electron chi connectivity index (χ1n) is 5.15. The number of aryl methyl sites for hydroxylation is 1. The molecule has 0 aliphatic rings. The van der Waals surface area contributed by atoms with E-state index in [9.17, 15) is 8.42 Å². The molecule has 0 saturated carbocycles. The number of rotatable bonds is 4. The third-order valence-corrected chi connectivity index (χ3v) is 3.32. The van der Waals surface area contributed by atoms with Crippen LogP contribution in [0, 0.1) is 0 Å². The van der Waals surface area contributed by atoms with Crippen LogP contribution in [0.15, 0.2) is 24.3 Å². The van der Waals surface area contributed by atoms with E-state index in [1.54, 1.807) is 0 Å². The van der Waals surface area contributed by atoms with Crippen LogP contribution in [0.25, 0.3) is 0 Å². The van der Waals surface area contributed by atoms with Crippen molar-refractivity contribution in [2.24, 2.45) is 0 Å². The van der Waals surface area contributed by atoms with E-state index in [4.69, 9.17) is 0 Å². The van der Waals surface area contributed by atoms with Crippen molar-refractivity contribution in [1.82, 2.24) is 0 Å². The van der Waals surface area contributed by atoms with Gasteiger partial charge >= 0.3 is 0 Å². The third kappa shape index (κ3) is 4.47. The van der Waals surface area contributed by atoms with Crippen molar-refractivity contribution in [1.29, 1.82) is 0 Å². The molecule has 0 unspecified atom stereocenters. The molecular weight excluding hydrogens is 208 g/mol. The fourth-order valence-corrected chi connectivity index (χ4v) is 2.02. The van der Waals surface area contributed by atoms with Crippen molar-refractivity contribution in [3.63, 3.8) is 0 Å². The molecule has 0 aromatic heterocycles.